The maximum Gasteiger partial charge on any atom is 0.261 e. The van der Waals surface area contributed by atoms with Crippen molar-refractivity contribution in [2.45, 2.75) is 63.5 Å². The predicted octanol–water partition coefficient (Wildman–Crippen LogP) is 2.67. The SMILES string of the molecule is O=c1c2cnc3nc(C4CCCCC4)nn3c2ccn1CC1CCCO1. The van der Waals surface area contributed by atoms with E-state index in [1.54, 1.807) is 15.3 Å². The molecule has 4 heterocycles. The lowest BCUT2D eigenvalue weighted by molar-refractivity contribution is 0.0963. The summed E-state index contributed by atoms with van der Waals surface area (Å²) in [5.74, 6) is 1.86. The number of rotatable bonds is 3. The number of hydrogen-bond acceptors (Lipinski definition) is 5. The Hall–Kier alpha value is -2.28. The second-order valence-electron chi connectivity index (χ2n) is 7.48. The molecule has 3 aromatic rings. The summed E-state index contributed by atoms with van der Waals surface area (Å²) in [6.45, 7) is 1.38. The molecule has 1 aliphatic heterocycles. The summed E-state index contributed by atoms with van der Waals surface area (Å²) in [5.41, 5.74) is 0.736. The van der Waals surface area contributed by atoms with Gasteiger partial charge in [0.05, 0.1) is 23.6 Å². The van der Waals surface area contributed by atoms with E-state index < -0.39 is 0 Å². The second kappa shape index (κ2) is 6.46. The maximum atomic E-state index is 12.9. The Balaban J connectivity index is 1.55. The molecule has 0 aromatic carbocycles. The Labute approximate surface area is 151 Å². The Kier molecular flexibility index (Phi) is 3.96. The number of nitrogens with zero attached hydrogens (tertiary/aromatic N) is 5. The number of aromatic nitrogens is 5. The zero-order chi connectivity index (χ0) is 17.5. The minimum Gasteiger partial charge on any atom is -0.376 e. The molecule has 0 N–H and O–H groups in total. The number of ether oxygens (including phenoxy) is 1. The van der Waals surface area contributed by atoms with Crippen LogP contribution in [0.1, 0.15) is 56.7 Å². The van der Waals surface area contributed by atoms with E-state index in [-0.39, 0.29) is 11.7 Å². The predicted molar refractivity (Wildman–Crippen MR) is 97.3 cm³/mol. The van der Waals surface area contributed by atoms with Crippen molar-refractivity contribution in [3.63, 3.8) is 0 Å². The van der Waals surface area contributed by atoms with Crippen molar-refractivity contribution in [3.8, 4) is 0 Å². The van der Waals surface area contributed by atoms with Gasteiger partial charge in [-0.15, -0.1) is 5.10 Å². The standard InChI is InChI=1S/C19H23N5O2/c25-18-15-11-20-19-21-17(13-5-2-1-3-6-13)22-24(19)16(15)8-9-23(18)12-14-7-4-10-26-14/h8-9,11,13-14H,1-7,10,12H2. The van der Waals surface area contributed by atoms with Gasteiger partial charge in [-0.3, -0.25) is 4.79 Å². The zero-order valence-corrected chi connectivity index (χ0v) is 14.8. The van der Waals surface area contributed by atoms with Crippen molar-refractivity contribution in [2.75, 3.05) is 6.61 Å². The van der Waals surface area contributed by atoms with E-state index in [4.69, 9.17) is 9.84 Å². The molecule has 5 rings (SSSR count). The topological polar surface area (TPSA) is 74.3 Å². The maximum absolute atomic E-state index is 12.9. The van der Waals surface area contributed by atoms with E-state index in [1.165, 1.54) is 19.3 Å². The van der Waals surface area contributed by atoms with Crippen LogP contribution < -0.4 is 5.56 Å². The molecule has 2 fully saturated rings. The highest BCUT2D eigenvalue weighted by Crippen LogP contribution is 2.31. The third kappa shape index (κ3) is 2.70. The van der Waals surface area contributed by atoms with Gasteiger partial charge in [0.2, 0.25) is 0 Å². The average Bonchev–Trinajstić information content (AvgIpc) is 3.34. The number of pyridine rings is 1. The van der Waals surface area contributed by atoms with Gasteiger partial charge >= 0.3 is 0 Å². The molecular weight excluding hydrogens is 330 g/mol. The van der Waals surface area contributed by atoms with E-state index in [0.29, 0.717) is 23.6 Å². The minimum atomic E-state index is -0.0397. The normalized spacial score (nSPS) is 21.8. The first-order valence-corrected chi connectivity index (χ1v) is 9.66. The van der Waals surface area contributed by atoms with E-state index in [1.807, 2.05) is 12.3 Å². The molecule has 0 bridgehead atoms. The Morgan fingerprint density at radius 2 is 2.04 bits per heavy atom. The first kappa shape index (κ1) is 15.9. The monoisotopic (exact) mass is 353 g/mol. The van der Waals surface area contributed by atoms with Crippen molar-refractivity contribution in [1.29, 1.82) is 0 Å². The van der Waals surface area contributed by atoms with Crippen molar-refractivity contribution < 1.29 is 4.74 Å². The summed E-state index contributed by atoms with van der Waals surface area (Å²) in [6.07, 6.45) is 11.7. The Morgan fingerprint density at radius 1 is 1.15 bits per heavy atom. The fourth-order valence-electron chi connectivity index (χ4n) is 4.26. The molecule has 0 amide bonds. The van der Waals surface area contributed by atoms with Gasteiger partial charge in [-0.25, -0.2) is 4.98 Å². The lowest BCUT2D eigenvalue weighted by Crippen LogP contribution is -2.26. The fraction of sp³-hybridized carbons (Fsp3) is 0.579. The van der Waals surface area contributed by atoms with Crippen LogP contribution in [-0.4, -0.2) is 36.9 Å². The second-order valence-corrected chi connectivity index (χ2v) is 7.48. The number of hydrogen-bond donors (Lipinski definition) is 0. The highest BCUT2D eigenvalue weighted by Gasteiger charge is 2.22. The molecule has 136 valence electrons. The van der Waals surface area contributed by atoms with E-state index in [0.717, 1.165) is 43.6 Å². The molecule has 1 saturated heterocycles. The smallest absolute Gasteiger partial charge is 0.261 e. The number of fused-ring (bicyclic) bond motifs is 3. The summed E-state index contributed by atoms with van der Waals surface area (Å²) < 4.78 is 9.12. The third-order valence-corrected chi connectivity index (χ3v) is 5.72. The first-order valence-electron chi connectivity index (χ1n) is 9.66. The van der Waals surface area contributed by atoms with E-state index in [9.17, 15) is 4.79 Å². The molecule has 7 heteroatoms. The highest BCUT2D eigenvalue weighted by atomic mass is 16.5. The molecule has 26 heavy (non-hydrogen) atoms. The molecule has 1 atom stereocenters. The molecule has 0 radical (unpaired) electrons. The van der Waals surface area contributed by atoms with Crippen molar-refractivity contribution in [2.24, 2.45) is 0 Å². The van der Waals surface area contributed by atoms with E-state index >= 15 is 0 Å². The lowest BCUT2D eigenvalue weighted by Gasteiger charge is -2.17. The lowest BCUT2D eigenvalue weighted by atomic mass is 9.89. The minimum absolute atomic E-state index is 0.0397. The Morgan fingerprint density at radius 3 is 2.85 bits per heavy atom. The van der Waals surface area contributed by atoms with Crippen molar-refractivity contribution in [3.05, 3.63) is 34.6 Å². The largest absolute Gasteiger partial charge is 0.376 e. The molecule has 1 saturated carbocycles. The van der Waals surface area contributed by atoms with Gasteiger partial charge in [-0.2, -0.15) is 9.50 Å². The fourth-order valence-corrected chi connectivity index (χ4v) is 4.26. The molecule has 7 nitrogen and oxygen atoms in total. The van der Waals surface area contributed by atoms with Crippen molar-refractivity contribution in [1.82, 2.24) is 24.1 Å². The van der Waals surface area contributed by atoms with Crippen LogP contribution in [0.5, 0.6) is 0 Å². The Bertz CT molecular complexity index is 996. The van der Waals surface area contributed by atoms with Gasteiger partial charge in [0.15, 0.2) is 5.82 Å². The summed E-state index contributed by atoms with van der Waals surface area (Å²) in [5, 5.41) is 5.29. The summed E-state index contributed by atoms with van der Waals surface area (Å²) >= 11 is 0. The molecule has 3 aromatic heterocycles. The quantitative estimate of drug-likeness (QED) is 0.724. The summed E-state index contributed by atoms with van der Waals surface area (Å²) in [7, 11) is 0. The van der Waals surface area contributed by atoms with Crippen LogP contribution in [0.3, 0.4) is 0 Å². The molecule has 1 aliphatic carbocycles. The van der Waals surface area contributed by atoms with Gasteiger partial charge < -0.3 is 9.30 Å². The van der Waals surface area contributed by atoms with Gasteiger partial charge in [0.1, 0.15) is 0 Å². The van der Waals surface area contributed by atoms with Gasteiger partial charge in [0.25, 0.3) is 11.3 Å². The van der Waals surface area contributed by atoms with Crippen molar-refractivity contribution >= 4 is 16.7 Å². The van der Waals surface area contributed by atoms with Gasteiger partial charge in [-0.05, 0) is 31.7 Å². The van der Waals surface area contributed by atoms with Crippen LogP contribution in [0.25, 0.3) is 16.7 Å². The molecule has 2 aliphatic rings. The van der Waals surface area contributed by atoms with Crippen LogP contribution in [-0.2, 0) is 11.3 Å². The molecule has 1 unspecified atom stereocenters. The zero-order valence-electron chi connectivity index (χ0n) is 14.8. The van der Waals surface area contributed by atoms with Crippen LogP contribution in [0.15, 0.2) is 23.3 Å². The third-order valence-electron chi connectivity index (χ3n) is 5.72. The highest BCUT2D eigenvalue weighted by molar-refractivity contribution is 5.78. The van der Waals surface area contributed by atoms with Crippen LogP contribution in [0.2, 0.25) is 0 Å². The first-order chi connectivity index (χ1) is 12.8. The van der Waals surface area contributed by atoms with Gasteiger partial charge in [0, 0.05) is 24.9 Å². The summed E-state index contributed by atoms with van der Waals surface area (Å²) in [4.78, 5) is 21.9. The van der Waals surface area contributed by atoms with Gasteiger partial charge in [-0.1, -0.05) is 19.3 Å². The van der Waals surface area contributed by atoms with Crippen LogP contribution in [0, 0.1) is 0 Å². The molecular formula is C19H23N5O2. The average molecular weight is 353 g/mol. The molecule has 0 spiro atoms. The summed E-state index contributed by atoms with van der Waals surface area (Å²) in [6, 6.07) is 1.94. The van der Waals surface area contributed by atoms with E-state index in [2.05, 4.69) is 9.97 Å². The van der Waals surface area contributed by atoms with Crippen LogP contribution >= 0.6 is 0 Å². The van der Waals surface area contributed by atoms with Crippen LogP contribution in [0.4, 0.5) is 0 Å².